The van der Waals surface area contributed by atoms with Gasteiger partial charge in [0.1, 0.15) is 5.41 Å². The number of morpholine rings is 1. The highest BCUT2D eigenvalue weighted by Crippen LogP contribution is 2.21. The Bertz CT molecular complexity index is 356. The predicted molar refractivity (Wildman–Crippen MR) is 76.7 cm³/mol. The van der Waals surface area contributed by atoms with Gasteiger partial charge < -0.3 is 21.0 Å². The minimum atomic E-state index is -0.978. The maximum absolute atomic E-state index is 12.3. The molecule has 0 saturated carbocycles. The molecule has 2 unspecified atom stereocenters. The molecule has 1 heterocycles. The fraction of sp³-hybridized carbons (Fsp3) is 0.846. The fourth-order valence-electron chi connectivity index (χ4n) is 2.17. The second-order valence-corrected chi connectivity index (χ2v) is 5.46. The Kier molecular flexibility index (Phi) is 6.22. The van der Waals surface area contributed by atoms with Crippen LogP contribution in [0.5, 0.6) is 0 Å². The summed E-state index contributed by atoms with van der Waals surface area (Å²) >= 11 is 0. The molecule has 0 radical (unpaired) electrons. The van der Waals surface area contributed by atoms with Crippen LogP contribution in [0.25, 0.3) is 0 Å². The summed E-state index contributed by atoms with van der Waals surface area (Å²) in [6.07, 6.45) is 0.471. The van der Waals surface area contributed by atoms with Crippen LogP contribution in [-0.4, -0.2) is 60.7 Å². The molecule has 1 fully saturated rings. The maximum atomic E-state index is 12.3. The average Bonchev–Trinajstić information content (AvgIpc) is 2.46. The van der Waals surface area contributed by atoms with E-state index in [1.54, 1.807) is 6.92 Å². The summed E-state index contributed by atoms with van der Waals surface area (Å²) in [5, 5.41) is 14.7. The van der Waals surface area contributed by atoms with Crippen LogP contribution in [-0.2, 0) is 9.53 Å². The van der Waals surface area contributed by atoms with Gasteiger partial charge in [-0.05, 0) is 20.3 Å². The van der Waals surface area contributed by atoms with Gasteiger partial charge in [0.25, 0.3) is 0 Å². The van der Waals surface area contributed by atoms with E-state index in [1.165, 1.54) is 0 Å². The zero-order valence-corrected chi connectivity index (χ0v) is 12.6. The van der Waals surface area contributed by atoms with E-state index in [9.17, 15) is 4.79 Å². The molecule has 0 bridgehead atoms. The molecule has 0 aromatic rings. The van der Waals surface area contributed by atoms with E-state index in [4.69, 9.17) is 15.7 Å². The van der Waals surface area contributed by atoms with E-state index in [0.717, 1.165) is 32.8 Å². The highest BCUT2D eigenvalue weighted by molar-refractivity contribution is 6.06. The Hall–Kier alpha value is -1.34. The standard InChI is InChI=1S/C13H26N4O3/c1-4-13(3,11(14)16-19)12(18)15-10(2)9-17-5-7-20-8-6-17/h10,19H,4-9H2,1-3H3,(H2,14,16)(H,15,18). The average molecular weight is 286 g/mol. The van der Waals surface area contributed by atoms with E-state index in [-0.39, 0.29) is 17.8 Å². The van der Waals surface area contributed by atoms with Crippen molar-refractivity contribution in [1.82, 2.24) is 10.2 Å². The molecule has 1 aliphatic rings. The number of amides is 1. The highest BCUT2D eigenvalue weighted by Gasteiger charge is 2.37. The summed E-state index contributed by atoms with van der Waals surface area (Å²) in [5.41, 5.74) is 4.66. The molecule has 20 heavy (non-hydrogen) atoms. The van der Waals surface area contributed by atoms with Gasteiger partial charge in [-0.3, -0.25) is 9.69 Å². The summed E-state index contributed by atoms with van der Waals surface area (Å²) < 4.78 is 5.29. The number of rotatable bonds is 6. The summed E-state index contributed by atoms with van der Waals surface area (Å²) in [7, 11) is 0. The Morgan fingerprint density at radius 1 is 1.55 bits per heavy atom. The molecule has 0 aromatic carbocycles. The number of amidine groups is 1. The van der Waals surface area contributed by atoms with Gasteiger partial charge >= 0.3 is 0 Å². The van der Waals surface area contributed by atoms with Gasteiger partial charge in [-0.2, -0.15) is 0 Å². The van der Waals surface area contributed by atoms with Crippen LogP contribution in [0, 0.1) is 5.41 Å². The molecule has 4 N–H and O–H groups in total. The molecule has 7 heteroatoms. The van der Waals surface area contributed by atoms with Gasteiger partial charge in [-0.25, -0.2) is 0 Å². The molecule has 0 spiro atoms. The summed E-state index contributed by atoms with van der Waals surface area (Å²) in [5.74, 6) is -0.271. The lowest BCUT2D eigenvalue weighted by atomic mass is 9.85. The summed E-state index contributed by atoms with van der Waals surface area (Å²) in [4.78, 5) is 14.6. The third kappa shape index (κ3) is 4.08. The Morgan fingerprint density at radius 3 is 2.65 bits per heavy atom. The number of carbonyl (C=O) groups is 1. The van der Waals surface area contributed by atoms with Crippen molar-refractivity contribution >= 4 is 11.7 Å². The van der Waals surface area contributed by atoms with Gasteiger partial charge in [0, 0.05) is 25.7 Å². The molecule has 1 rings (SSSR count). The first-order valence-electron chi connectivity index (χ1n) is 7.03. The molecule has 1 aliphatic heterocycles. The van der Waals surface area contributed by atoms with Gasteiger partial charge in [-0.15, -0.1) is 0 Å². The quantitative estimate of drug-likeness (QED) is 0.276. The lowest BCUT2D eigenvalue weighted by Gasteiger charge is -2.31. The van der Waals surface area contributed by atoms with Crippen LogP contribution >= 0.6 is 0 Å². The lowest BCUT2D eigenvalue weighted by Crippen LogP contribution is -2.53. The number of nitrogens with two attached hydrogens (primary N) is 1. The number of nitrogens with one attached hydrogen (secondary N) is 1. The third-order valence-electron chi connectivity index (χ3n) is 3.89. The highest BCUT2D eigenvalue weighted by atomic mass is 16.5. The van der Waals surface area contributed by atoms with Gasteiger partial charge in [0.05, 0.1) is 13.2 Å². The Balaban J connectivity index is 2.55. The van der Waals surface area contributed by atoms with Crippen molar-refractivity contribution in [3.63, 3.8) is 0 Å². The topological polar surface area (TPSA) is 100 Å². The van der Waals surface area contributed by atoms with Crippen molar-refractivity contribution < 1.29 is 14.7 Å². The van der Waals surface area contributed by atoms with Crippen molar-refractivity contribution in [2.45, 2.75) is 33.2 Å². The Morgan fingerprint density at radius 2 is 2.15 bits per heavy atom. The van der Waals surface area contributed by atoms with Gasteiger partial charge in [0.15, 0.2) is 5.84 Å². The molecule has 0 aromatic heterocycles. The zero-order chi connectivity index (χ0) is 15.2. The number of hydrogen-bond acceptors (Lipinski definition) is 5. The minimum Gasteiger partial charge on any atom is -0.409 e. The number of ether oxygens (including phenoxy) is 1. The summed E-state index contributed by atoms with van der Waals surface area (Å²) in [6.45, 7) is 9.47. The van der Waals surface area contributed by atoms with E-state index >= 15 is 0 Å². The molecule has 0 aliphatic carbocycles. The van der Waals surface area contributed by atoms with Crippen molar-refractivity contribution in [2.24, 2.45) is 16.3 Å². The van der Waals surface area contributed by atoms with Crippen LogP contribution in [0.3, 0.4) is 0 Å². The van der Waals surface area contributed by atoms with E-state index in [0.29, 0.717) is 6.42 Å². The Labute approximate surface area is 120 Å². The van der Waals surface area contributed by atoms with Crippen LogP contribution in [0.4, 0.5) is 0 Å². The summed E-state index contributed by atoms with van der Waals surface area (Å²) in [6, 6.07) is -0.00188. The largest absolute Gasteiger partial charge is 0.409 e. The lowest BCUT2D eigenvalue weighted by molar-refractivity contribution is -0.128. The minimum absolute atomic E-state index is 0.00188. The fourth-order valence-corrected chi connectivity index (χ4v) is 2.17. The van der Waals surface area contributed by atoms with E-state index in [2.05, 4.69) is 15.4 Å². The number of hydrogen-bond donors (Lipinski definition) is 3. The van der Waals surface area contributed by atoms with Crippen LogP contribution < -0.4 is 11.1 Å². The van der Waals surface area contributed by atoms with Crippen LogP contribution in [0.15, 0.2) is 5.16 Å². The maximum Gasteiger partial charge on any atom is 0.233 e. The molecule has 2 atom stereocenters. The van der Waals surface area contributed by atoms with E-state index in [1.807, 2.05) is 13.8 Å². The second kappa shape index (κ2) is 7.44. The van der Waals surface area contributed by atoms with Crippen molar-refractivity contribution in [3.8, 4) is 0 Å². The monoisotopic (exact) mass is 286 g/mol. The molecular formula is C13H26N4O3. The molecular weight excluding hydrogens is 260 g/mol. The zero-order valence-electron chi connectivity index (χ0n) is 12.6. The first kappa shape index (κ1) is 16.7. The first-order valence-corrected chi connectivity index (χ1v) is 7.03. The normalized spacial score (nSPS) is 22.1. The van der Waals surface area contributed by atoms with Crippen molar-refractivity contribution in [1.29, 1.82) is 0 Å². The first-order chi connectivity index (χ1) is 9.43. The third-order valence-corrected chi connectivity index (χ3v) is 3.89. The van der Waals surface area contributed by atoms with Crippen molar-refractivity contribution in [2.75, 3.05) is 32.8 Å². The molecule has 1 saturated heterocycles. The molecule has 116 valence electrons. The molecule has 1 amide bonds. The van der Waals surface area contributed by atoms with Gasteiger partial charge in [0.2, 0.25) is 5.91 Å². The number of carbonyl (C=O) groups excluding carboxylic acids is 1. The molecule has 7 nitrogen and oxygen atoms in total. The second-order valence-electron chi connectivity index (χ2n) is 5.46. The SMILES string of the molecule is CCC(C)(C(=O)NC(C)CN1CCOCC1)C(N)=NO. The van der Waals surface area contributed by atoms with Gasteiger partial charge in [-0.1, -0.05) is 12.1 Å². The van der Waals surface area contributed by atoms with Crippen molar-refractivity contribution in [3.05, 3.63) is 0 Å². The predicted octanol–water partition coefficient (Wildman–Crippen LogP) is -0.0140. The van der Waals surface area contributed by atoms with E-state index < -0.39 is 5.41 Å². The number of nitrogens with zero attached hydrogens (tertiary/aromatic N) is 2. The van der Waals surface area contributed by atoms with Crippen LogP contribution in [0.2, 0.25) is 0 Å². The number of oxime groups is 1. The van der Waals surface area contributed by atoms with Crippen LogP contribution in [0.1, 0.15) is 27.2 Å². The smallest absolute Gasteiger partial charge is 0.233 e.